The van der Waals surface area contributed by atoms with Crippen LogP contribution < -0.4 is 19.7 Å². The molecule has 0 aromatic heterocycles. The molecule has 152 valence electrons. The third-order valence-electron chi connectivity index (χ3n) is 4.98. The number of methoxy groups -OCH3 is 2. The Morgan fingerprint density at radius 3 is 1.97 bits per heavy atom. The largest absolute Gasteiger partial charge is 0.497 e. The standard InChI is InChI=1S/C24H21BrN2O3/c1-29-20-11-7-18(8-12-20)26-22-15-23(16-3-5-17(25)6-4-16)27(24(22)28)19-9-13-21(30-2)14-10-19/h3-15,23,26H,1-2H3/t23-/m0/s1. The summed E-state index contributed by atoms with van der Waals surface area (Å²) in [5.74, 6) is 1.42. The number of ether oxygens (including phenoxy) is 2. The maximum absolute atomic E-state index is 13.4. The number of nitrogens with zero attached hydrogens (tertiary/aromatic N) is 1. The smallest absolute Gasteiger partial charge is 0.275 e. The van der Waals surface area contributed by atoms with E-state index in [0.717, 1.165) is 32.9 Å². The molecule has 6 heteroatoms. The molecule has 1 aliphatic rings. The lowest BCUT2D eigenvalue weighted by atomic mass is 10.1. The molecule has 30 heavy (non-hydrogen) atoms. The van der Waals surface area contributed by atoms with Crippen molar-refractivity contribution in [1.82, 2.24) is 0 Å². The van der Waals surface area contributed by atoms with Crippen LogP contribution in [0.15, 0.2) is 89.0 Å². The molecule has 1 atom stereocenters. The van der Waals surface area contributed by atoms with E-state index in [1.807, 2.05) is 78.9 Å². The van der Waals surface area contributed by atoms with E-state index in [-0.39, 0.29) is 11.9 Å². The van der Waals surface area contributed by atoms with Crippen LogP contribution >= 0.6 is 15.9 Å². The molecular weight excluding hydrogens is 444 g/mol. The summed E-state index contributed by atoms with van der Waals surface area (Å²) in [6.45, 7) is 0. The molecule has 0 radical (unpaired) electrons. The monoisotopic (exact) mass is 464 g/mol. The van der Waals surface area contributed by atoms with Gasteiger partial charge in [0.25, 0.3) is 5.91 Å². The molecule has 1 heterocycles. The minimum absolute atomic E-state index is 0.0936. The first-order chi connectivity index (χ1) is 14.6. The highest BCUT2D eigenvalue weighted by molar-refractivity contribution is 9.10. The van der Waals surface area contributed by atoms with Crippen molar-refractivity contribution in [3.05, 3.63) is 94.6 Å². The summed E-state index contributed by atoms with van der Waals surface area (Å²) in [5.41, 5.74) is 3.18. The van der Waals surface area contributed by atoms with Gasteiger partial charge in [0, 0.05) is 15.8 Å². The van der Waals surface area contributed by atoms with Crippen molar-refractivity contribution in [2.24, 2.45) is 0 Å². The Labute approximate surface area is 184 Å². The van der Waals surface area contributed by atoms with Gasteiger partial charge in [-0.1, -0.05) is 28.1 Å². The summed E-state index contributed by atoms with van der Waals surface area (Å²) in [5, 5.41) is 3.26. The lowest BCUT2D eigenvalue weighted by Gasteiger charge is -2.25. The van der Waals surface area contributed by atoms with Gasteiger partial charge in [0.15, 0.2) is 0 Å². The number of carbonyl (C=O) groups excluding carboxylic acids is 1. The molecule has 0 fully saturated rings. The quantitative estimate of drug-likeness (QED) is 0.519. The number of benzene rings is 3. The van der Waals surface area contributed by atoms with Crippen molar-refractivity contribution < 1.29 is 14.3 Å². The number of amides is 1. The maximum Gasteiger partial charge on any atom is 0.275 e. The maximum atomic E-state index is 13.4. The van der Waals surface area contributed by atoms with Crippen LogP contribution in [0, 0.1) is 0 Å². The predicted octanol–water partition coefficient (Wildman–Crippen LogP) is 5.55. The van der Waals surface area contributed by atoms with Crippen LogP contribution in [0.4, 0.5) is 11.4 Å². The van der Waals surface area contributed by atoms with E-state index < -0.39 is 0 Å². The van der Waals surface area contributed by atoms with E-state index in [2.05, 4.69) is 21.2 Å². The zero-order valence-electron chi connectivity index (χ0n) is 16.6. The summed E-state index contributed by atoms with van der Waals surface area (Å²) in [4.78, 5) is 15.2. The Bertz CT molecular complexity index is 1060. The van der Waals surface area contributed by atoms with Gasteiger partial charge in [-0.25, -0.2) is 0 Å². The molecule has 3 aromatic carbocycles. The Hall–Kier alpha value is -3.25. The summed E-state index contributed by atoms with van der Waals surface area (Å²) < 4.78 is 11.5. The highest BCUT2D eigenvalue weighted by atomic mass is 79.9. The zero-order valence-corrected chi connectivity index (χ0v) is 18.2. The molecule has 4 rings (SSSR count). The highest BCUT2D eigenvalue weighted by Gasteiger charge is 2.34. The van der Waals surface area contributed by atoms with Gasteiger partial charge in [-0.3, -0.25) is 9.69 Å². The van der Waals surface area contributed by atoms with Crippen molar-refractivity contribution in [3.8, 4) is 11.5 Å². The van der Waals surface area contributed by atoms with Gasteiger partial charge in [0.05, 0.1) is 20.3 Å². The fourth-order valence-electron chi connectivity index (χ4n) is 3.41. The second kappa shape index (κ2) is 8.63. The van der Waals surface area contributed by atoms with Crippen molar-refractivity contribution in [3.63, 3.8) is 0 Å². The van der Waals surface area contributed by atoms with Crippen LogP contribution in [-0.4, -0.2) is 20.1 Å². The average Bonchev–Trinajstić information content (AvgIpc) is 3.10. The van der Waals surface area contributed by atoms with E-state index in [1.54, 1.807) is 19.1 Å². The fourth-order valence-corrected chi connectivity index (χ4v) is 3.68. The van der Waals surface area contributed by atoms with E-state index in [1.165, 1.54) is 0 Å². The number of carbonyl (C=O) groups is 1. The molecule has 0 spiro atoms. The van der Waals surface area contributed by atoms with Gasteiger partial charge in [0.2, 0.25) is 0 Å². The Morgan fingerprint density at radius 2 is 1.40 bits per heavy atom. The minimum Gasteiger partial charge on any atom is -0.497 e. The molecular formula is C24H21BrN2O3. The van der Waals surface area contributed by atoms with Crippen molar-refractivity contribution in [2.75, 3.05) is 24.4 Å². The normalized spacial score (nSPS) is 15.7. The average molecular weight is 465 g/mol. The second-order valence-electron chi connectivity index (χ2n) is 6.80. The SMILES string of the molecule is COc1ccc(NC2=C[C@@H](c3ccc(Br)cc3)N(c3ccc(OC)cc3)C2=O)cc1. The van der Waals surface area contributed by atoms with E-state index in [4.69, 9.17) is 9.47 Å². The highest BCUT2D eigenvalue weighted by Crippen LogP contribution is 2.37. The molecule has 3 aromatic rings. The number of nitrogens with one attached hydrogen (secondary N) is 1. The van der Waals surface area contributed by atoms with E-state index >= 15 is 0 Å². The van der Waals surface area contributed by atoms with Gasteiger partial charge < -0.3 is 14.8 Å². The zero-order chi connectivity index (χ0) is 21.1. The number of hydrogen-bond acceptors (Lipinski definition) is 4. The number of halogens is 1. The fraction of sp³-hybridized carbons (Fsp3) is 0.125. The molecule has 1 N–H and O–H groups in total. The van der Waals surface area contributed by atoms with Gasteiger partial charge in [-0.15, -0.1) is 0 Å². The van der Waals surface area contributed by atoms with Crippen molar-refractivity contribution in [1.29, 1.82) is 0 Å². The molecule has 0 aliphatic carbocycles. The van der Waals surface area contributed by atoms with E-state index in [0.29, 0.717) is 5.70 Å². The van der Waals surface area contributed by atoms with Crippen LogP contribution in [0.2, 0.25) is 0 Å². The predicted molar refractivity (Wildman–Crippen MR) is 122 cm³/mol. The summed E-state index contributed by atoms with van der Waals surface area (Å²) in [7, 11) is 3.25. The molecule has 0 unspecified atom stereocenters. The summed E-state index contributed by atoms with van der Waals surface area (Å²) in [6, 6.07) is 22.8. The summed E-state index contributed by atoms with van der Waals surface area (Å²) in [6.07, 6.45) is 1.96. The van der Waals surface area contributed by atoms with Crippen LogP contribution in [0.5, 0.6) is 11.5 Å². The first-order valence-electron chi connectivity index (χ1n) is 9.45. The van der Waals surface area contributed by atoms with Crippen molar-refractivity contribution >= 4 is 33.2 Å². The topological polar surface area (TPSA) is 50.8 Å². The van der Waals surface area contributed by atoms with Gasteiger partial charge in [-0.2, -0.15) is 0 Å². The molecule has 0 saturated carbocycles. The molecule has 5 nitrogen and oxygen atoms in total. The number of hydrogen-bond donors (Lipinski definition) is 1. The minimum atomic E-state index is -0.222. The van der Waals surface area contributed by atoms with E-state index in [9.17, 15) is 4.79 Å². The third-order valence-corrected chi connectivity index (χ3v) is 5.51. The van der Waals surface area contributed by atoms with Crippen LogP contribution in [-0.2, 0) is 4.79 Å². The Kier molecular flexibility index (Phi) is 5.77. The number of anilines is 2. The molecule has 1 amide bonds. The molecule has 0 saturated heterocycles. The summed E-state index contributed by atoms with van der Waals surface area (Å²) >= 11 is 3.48. The Balaban J connectivity index is 1.68. The van der Waals surface area contributed by atoms with Gasteiger partial charge in [-0.05, 0) is 72.3 Å². The van der Waals surface area contributed by atoms with Crippen molar-refractivity contribution in [2.45, 2.75) is 6.04 Å². The second-order valence-corrected chi connectivity index (χ2v) is 7.72. The first-order valence-corrected chi connectivity index (χ1v) is 10.2. The third kappa shape index (κ3) is 4.04. The first kappa shape index (κ1) is 20.0. The lowest BCUT2D eigenvalue weighted by Crippen LogP contribution is -2.30. The lowest BCUT2D eigenvalue weighted by molar-refractivity contribution is -0.114. The van der Waals surface area contributed by atoms with Crippen LogP contribution in [0.25, 0.3) is 0 Å². The molecule has 1 aliphatic heterocycles. The van der Waals surface area contributed by atoms with Crippen LogP contribution in [0.1, 0.15) is 11.6 Å². The van der Waals surface area contributed by atoms with Gasteiger partial charge >= 0.3 is 0 Å². The molecule has 0 bridgehead atoms. The Morgan fingerprint density at radius 1 is 0.833 bits per heavy atom. The van der Waals surface area contributed by atoms with Crippen LogP contribution in [0.3, 0.4) is 0 Å². The van der Waals surface area contributed by atoms with Gasteiger partial charge in [0.1, 0.15) is 17.2 Å². The number of rotatable bonds is 6.